The van der Waals surface area contributed by atoms with Gasteiger partial charge in [0.2, 0.25) is 5.91 Å². The van der Waals surface area contributed by atoms with Crippen LogP contribution in [-0.2, 0) is 14.3 Å². The first kappa shape index (κ1) is 8.04. The molecule has 0 aromatic rings. The van der Waals surface area contributed by atoms with Crippen LogP contribution in [0, 0.1) is 0 Å². The van der Waals surface area contributed by atoms with Gasteiger partial charge >= 0.3 is 5.97 Å². The summed E-state index contributed by atoms with van der Waals surface area (Å²) in [5, 5.41) is 2.52. The van der Waals surface area contributed by atoms with Gasteiger partial charge in [-0.1, -0.05) is 0 Å². The van der Waals surface area contributed by atoms with E-state index < -0.39 is 6.04 Å². The maximum atomic E-state index is 11.0. The first-order valence-corrected chi connectivity index (χ1v) is 3.70. The zero-order valence-corrected chi connectivity index (χ0v) is 6.42. The summed E-state index contributed by atoms with van der Waals surface area (Å²) in [5.41, 5.74) is 0. The molecule has 1 aliphatic rings. The lowest BCUT2D eigenvalue weighted by molar-refractivity contribution is -0.145. The van der Waals surface area contributed by atoms with E-state index in [1.54, 1.807) is 6.92 Å². The lowest BCUT2D eigenvalue weighted by Gasteiger charge is -2.07. The minimum Gasteiger partial charge on any atom is -0.464 e. The minimum atomic E-state index is -0.401. The zero-order chi connectivity index (χ0) is 8.27. The van der Waals surface area contributed by atoms with Crippen molar-refractivity contribution in [2.75, 3.05) is 6.61 Å². The Hall–Kier alpha value is -1.06. The van der Waals surface area contributed by atoms with Gasteiger partial charge in [-0.05, 0) is 13.3 Å². The summed E-state index contributed by atoms with van der Waals surface area (Å²) in [6, 6.07) is -0.401. The van der Waals surface area contributed by atoms with E-state index in [1.165, 1.54) is 0 Å². The first-order valence-electron chi connectivity index (χ1n) is 3.70. The van der Waals surface area contributed by atoms with Gasteiger partial charge in [-0.25, -0.2) is 4.79 Å². The summed E-state index contributed by atoms with van der Waals surface area (Å²) in [6.45, 7) is 2.11. The Labute approximate surface area is 66.4 Å². The predicted octanol–water partition coefficient (Wildman–Crippen LogP) is 0.0741. The van der Waals surface area contributed by atoms with E-state index in [-0.39, 0.29) is 13.3 Å². The molecular weight excluding hydrogens is 146 g/mol. The molecule has 1 rings (SSSR count). The van der Waals surface area contributed by atoms with Crippen LogP contribution in [0.1, 0.15) is 21.2 Å². The molecule has 0 bridgehead atoms. The fraction of sp³-hybridized carbons (Fsp3) is 0.714. The fourth-order valence-electron chi connectivity index (χ4n) is 1.03. The molecule has 0 saturated carbocycles. The molecule has 0 radical (unpaired) electrons. The molecule has 4 heteroatoms. The van der Waals surface area contributed by atoms with Crippen LogP contribution in [0.2, 0.25) is 0 Å². The number of hydrogen-bond acceptors (Lipinski definition) is 3. The van der Waals surface area contributed by atoms with E-state index in [1.807, 2.05) is 0 Å². The summed E-state index contributed by atoms with van der Waals surface area (Å²) in [7, 11) is 0. The van der Waals surface area contributed by atoms with Gasteiger partial charge < -0.3 is 10.1 Å². The highest BCUT2D eigenvalue weighted by molar-refractivity contribution is 5.87. The van der Waals surface area contributed by atoms with Crippen LogP contribution in [0.5, 0.6) is 0 Å². The standard InChI is InChI=1S/C7H11NO3.H2/c1-2-11-7(10)5-3-4-6(9)8-5;/h5H,2-4H2,1H3,(H,8,9);1H/t5-;/m0./s1. The van der Waals surface area contributed by atoms with E-state index in [0.717, 1.165) is 0 Å². The van der Waals surface area contributed by atoms with E-state index in [0.29, 0.717) is 19.4 Å². The Kier molecular flexibility index (Phi) is 2.46. The van der Waals surface area contributed by atoms with Crippen LogP contribution in [0.3, 0.4) is 0 Å². The highest BCUT2D eigenvalue weighted by atomic mass is 16.5. The topological polar surface area (TPSA) is 55.4 Å². The van der Waals surface area contributed by atoms with Crippen LogP contribution >= 0.6 is 0 Å². The predicted molar refractivity (Wildman–Crippen MR) is 39.9 cm³/mol. The van der Waals surface area contributed by atoms with Gasteiger partial charge in [0.15, 0.2) is 0 Å². The largest absolute Gasteiger partial charge is 0.464 e. The highest BCUT2D eigenvalue weighted by Crippen LogP contribution is 2.07. The SMILES string of the molecule is CCOC(=O)[C@@H]1CCC(=O)N1.[HH]. The van der Waals surface area contributed by atoms with E-state index in [4.69, 9.17) is 4.74 Å². The van der Waals surface area contributed by atoms with Crippen LogP contribution in [0.15, 0.2) is 0 Å². The van der Waals surface area contributed by atoms with Gasteiger partial charge in [-0.2, -0.15) is 0 Å². The Morgan fingerprint density at radius 3 is 3.09 bits per heavy atom. The maximum Gasteiger partial charge on any atom is 0.328 e. The number of nitrogens with one attached hydrogen (secondary N) is 1. The third-order valence-electron chi connectivity index (χ3n) is 1.57. The zero-order valence-electron chi connectivity index (χ0n) is 6.42. The van der Waals surface area contributed by atoms with E-state index >= 15 is 0 Å². The third-order valence-corrected chi connectivity index (χ3v) is 1.57. The summed E-state index contributed by atoms with van der Waals surface area (Å²) in [5.74, 6) is -0.388. The average Bonchev–Trinajstić information content (AvgIpc) is 2.36. The maximum absolute atomic E-state index is 11.0. The van der Waals surface area contributed by atoms with Crippen LogP contribution < -0.4 is 5.32 Å². The van der Waals surface area contributed by atoms with Crippen molar-refractivity contribution < 1.29 is 15.8 Å². The average molecular weight is 159 g/mol. The van der Waals surface area contributed by atoms with Gasteiger partial charge in [-0.3, -0.25) is 4.79 Å². The summed E-state index contributed by atoms with van der Waals surface area (Å²) in [4.78, 5) is 21.6. The van der Waals surface area contributed by atoms with Crippen LogP contribution in [0.4, 0.5) is 0 Å². The van der Waals surface area contributed by atoms with Gasteiger partial charge in [-0.15, -0.1) is 0 Å². The number of ether oxygens (including phenoxy) is 1. The van der Waals surface area contributed by atoms with Crippen LogP contribution in [0.25, 0.3) is 0 Å². The molecule has 0 spiro atoms. The van der Waals surface area contributed by atoms with Crippen LogP contribution in [-0.4, -0.2) is 24.5 Å². The molecule has 1 heterocycles. The molecule has 1 amide bonds. The number of amides is 1. The minimum absolute atomic E-state index is 0. The molecule has 0 aliphatic carbocycles. The van der Waals surface area contributed by atoms with Crippen molar-refractivity contribution in [3.63, 3.8) is 0 Å². The van der Waals surface area contributed by atoms with Gasteiger partial charge in [0.25, 0.3) is 0 Å². The molecule has 1 atom stereocenters. The second-order valence-electron chi connectivity index (χ2n) is 2.41. The molecule has 4 nitrogen and oxygen atoms in total. The summed E-state index contributed by atoms with van der Waals surface area (Å²) < 4.78 is 4.72. The molecule has 0 unspecified atom stereocenters. The highest BCUT2D eigenvalue weighted by Gasteiger charge is 2.27. The Morgan fingerprint density at radius 1 is 1.91 bits per heavy atom. The van der Waals surface area contributed by atoms with Crippen molar-refractivity contribution in [1.29, 1.82) is 0 Å². The van der Waals surface area contributed by atoms with Crippen molar-refractivity contribution in [1.82, 2.24) is 5.32 Å². The fourth-order valence-corrected chi connectivity index (χ4v) is 1.03. The summed E-state index contributed by atoms with van der Waals surface area (Å²) >= 11 is 0. The third kappa shape index (κ3) is 1.93. The van der Waals surface area contributed by atoms with Crippen molar-refractivity contribution >= 4 is 11.9 Å². The van der Waals surface area contributed by atoms with Gasteiger partial charge in [0, 0.05) is 7.85 Å². The number of rotatable bonds is 2. The number of carbonyl (C=O) groups is 2. The van der Waals surface area contributed by atoms with E-state index in [2.05, 4.69) is 5.32 Å². The quantitative estimate of drug-likeness (QED) is 0.580. The number of esters is 1. The monoisotopic (exact) mass is 159 g/mol. The number of hydrogen-bond donors (Lipinski definition) is 1. The number of carbonyl (C=O) groups excluding carboxylic acids is 2. The molecule has 0 aromatic heterocycles. The molecule has 64 valence electrons. The smallest absolute Gasteiger partial charge is 0.328 e. The summed E-state index contributed by atoms with van der Waals surface area (Å²) in [6.07, 6.45) is 1.00. The molecule has 1 aliphatic heterocycles. The lowest BCUT2D eigenvalue weighted by atomic mass is 10.2. The molecule has 11 heavy (non-hydrogen) atoms. The Balaban J connectivity index is 0.00000121. The van der Waals surface area contributed by atoms with Crippen molar-refractivity contribution in [2.24, 2.45) is 0 Å². The normalized spacial score (nSPS) is 23.0. The lowest BCUT2D eigenvalue weighted by Crippen LogP contribution is -2.34. The first-order chi connectivity index (χ1) is 5.24. The molecular formula is C7H13NO3. The van der Waals surface area contributed by atoms with Crippen molar-refractivity contribution in [3.05, 3.63) is 0 Å². The second-order valence-corrected chi connectivity index (χ2v) is 2.41. The Bertz CT molecular complexity index is 183. The second kappa shape index (κ2) is 3.37. The van der Waals surface area contributed by atoms with Gasteiger partial charge in [0.05, 0.1) is 6.61 Å². The Morgan fingerprint density at radius 2 is 2.64 bits per heavy atom. The van der Waals surface area contributed by atoms with Crippen molar-refractivity contribution in [3.8, 4) is 0 Å². The molecule has 1 N–H and O–H groups in total. The molecule has 1 fully saturated rings. The van der Waals surface area contributed by atoms with E-state index in [9.17, 15) is 9.59 Å². The molecule has 0 aromatic carbocycles. The molecule has 1 saturated heterocycles. The van der Waals surface area contributed by atoms with Gasteiger partial charge in [0.1, 0.15) is 6.04 Å². The van der Waals surface area contributed by atoms with Crippen molar-refractivity contribution in [2.45, 2.75) is 25.8 Å².